The third-order valence-electron chi connectivity index (χ3n) is 2.81. The first kappa shape index (κ1) is 18.3. The van der Waals surface area contributed by atoms with E-state index in [0.717, 1.165) is 5.56 Å². The molecule has 8 heteroatoms. The summed E-state index contributed by atoms with van der Waals surface area (Å²) >= 11 is 3.04. The molecule has 120 valence electrons. The van der Waals surface area contributed by atoms with Crippen LogP contribution in [0.15, 0.2) is 22.7 Å². The van der Waals surface area contributed by atoms with E-state index in [1.165, 1.54) is 6.07 Å². The van der Waals surface area contributed by atoms with Gasteiger partial charge in [0.2, 0.25) is 0 Å². The van der Waals surface area contributed by atoms with E-state index in [0.29, 0.717) is 10.9 Å². The molecule has 0 amide bonds. The summed E-state index contributed by atoms with van der Waals surface area (Å²) in [7, 11) is 1.60. The van der Waals surface area contributed by atoms with Gasteiger partial charge in [-0.05, 0) is 47.1 Å². The molecule has 21 heavy (non-hydrogen) atoms. The maximum Gasteiger partial charge on any atom is 0.330 e. The zero-order valence-electron chi connectivity index (χ0n) is 11.2. The predicted molar refractivity (Wildman–Crippen MR) is 72.4 cm³/mol. The van der Waals surface area contributed by atoms with Gasteiger partial charge in [0, 0.05) is 6.04 Å². The fraction of sp³-hybridized carbons (Fsp3) is 0.538. The van der Waals surface area contributed by atoms with E-state index in [4.69, 9.17) is 0 Å². The molecular weight excluding hydrogens is 361 g/mol. The summed E-state index contributed by atoms with van der Waals surface area (Å²) in [4.78, 5) is 0. The Morgan fingerprint density at radius 3 is 2.52 bits per heavy atom. The summed E-state index contributed by atoms with van der Waals surface area (Å²) in [6, 6.07) is 4.04. The van der Waals surface area contributed by atoms with Gasteiger partial charge in [-0.25, -0.2) is 13.2 Å². The van der Waals surface area contributed by atoms with Crippen LogP contribution in [0.3, 0.4) is 0 Å². The molecule has 0 aliphatic rings. The van der Waals surface area contributed by atoms with Crippen molar-refractivity contribution in [2.45, 2.75) is 24.8 Å². The number of rotatable bonds is 8. The number of benzene rings is 1. The molecule has 0 aliphatic heterocycles. The maximum atomic E-state index is 13.1. The van der Waals surface area contributed by atoms with E-state index in [9.17, 15) is 22.0 Å². The molecule has 1 unspecified atom stereocenters. The van der Waals surface area contributed by atoms with Crippen LogP contribution < -0.4 is 5.32 Å². The molecule has 1 atom stereocenters. The number of alkyl halides is 4. The van der Waals surface area contributed by atoms with Gasteiger partial charge in [0.1, 0.15) is 12.4 Å². The van der Waals surface area contributed by atoms with Crippen LogP contribution in [0.2, 0.25) is 0 Å². The molecule has 0 saturated heterocycles. The number of ether oxygens (including phenoxy) is 1. The van der Waals surface area contributed by atoms with E-state index in [1.54, 1.807) is 19.2 Å². The van der Waals surface area contributed by atoms with Crippen LogP contribution in [0.5, 0.6) is 0 Å². The first-order valence-corrected chi connectivity index (χ1v) is 6.90. The van der Waals surface area contributed by atoms with E-state index in [2.05, 4.69) is 26.0 Å². The summed E-state index contributed by atoms with van der Waals surface area (Å²) < 4.78 is 67.3. The molecule has 0 heterocycles. The Morgan fingerprint density at radius 2 is 2.00 bits per heavy atom. The van der Waals surface area contributed by atoms with Crippen molar-refractivity contribution in [2.24, 2.45) is 0 Å². The van der Waals surface area contributed by atoms with Crippen molar-refractivity contribution >= 4 is 15.9 Å². The average Bonchev–Trinajstić information content (AvgIpc) is 2.41. The van der Waals surface area contributed by atoms with E-state index >= 15 is 0 Å². The van der Waals surface area contributed by atoms with Gasteiger partial charge in [-0.1, -0.05) is 6.07 Å². The lowest BCUT2D eigenvalue weighted by atomic mass is 10.1. The SMILES string of the molecule is CNC(COCC(F)(F)C(F)F)Cc1ccc(F)c(Br)c1. The van der Waals surface area contributed by atoms with Gasteiger partial charge in [0.25, 0.3) is 0 Å². The highest BCUT2D eigenvalue weighted by molar-refractivity contribution is 9.10. The zero-order valence-corrected chi connectivity index (χ0v) is 12.8. The number of nitrogens with one attached hydrogen (secondary N) is 1. The average molecular weight is 376 g/mol. The molecular formula is C13H15BrF5NO. The van der Waals surface area contributed by atoms with Crippen molar-refractivity contribution in [3.05, 3.63) is 34.1 Å². The van der Waals surface area contributed by atoms with E-state index in [-0.39, 0.29) is 12.6 Å². The maximum absolute atomic E-state index is 13.1. The minimum atomic E-state index is -4.16. The minimum Gasteiger partial charge on any atom is -0.373 e. The quantitative estimate of drug-likeness (QED) is 0.700. The number of likely N-dealkylation sites (N-methyl/N-ethyl adjacent to an activating group) is 1. The molecule has 0 spiro atoms. The summed E-state index contributed by atoms with van der Waals surface area (Å²) in [5, 5.41) is 2.83. The van der Waals surface area contributed by atoms with Gasteiger partial charge in [-0.3, -0.25) is 0 Å². The van der Waals surface area contributed by atoms with Gasteiger partial charge in [-0.15, -0.1) is 0 Å². The fourth-order valence-electron chi connectivity index (χ4n) is 1.60. The molecule has 0 aliphatic carbocycles. The lowest BCUT2D eigenvalue weighted by Crippen LogP contribution is -2.37. The fourth-order valence-corrected chi connectivity index (χ4v) is 2.02. The lowest BCUT2D eigenvalue weighted by Gasteiger charge is -2.20. The summed E-state index contributed by atoms with van der Waals surface area (Å²) in [5.41, 5.74) is 0.756. The monoisotopic (exact) mass is 375 g/mol. The smallest absolute Gasteiger partial charge is 0.330 e. The highest BCUT2D eigenvalue weighted by Gasteiger charge is 2.41. The van der Waals surface area contributed by atoms with Crippen LogP contribution in [0.25, 0.3) is 0 Å². The van der Waals surface area contributed by atoms with Crippen molar-refractivity contribution in [2.75, 3.05) is 20.3 Å². The second-order valence-corrected chi connectivity index (χ2v) is 5.37. The highest BCUT2D eigenvalue weighted by Crippen LogP contribution is 2.23. The molecule has 0 saturated carbocycles. The van der Waals surface area contributed by atoms with Gasteiger partial charge < -0.3 is 10.1 Å². The Balaban J connectivity index is 2.50. The third-order valence-corrected chi connectivity index (χ3v) is 3.41. The van der Waals surface area contributed by atoms with E-state index < -0.39 is 24.8 Å². The topological polar surface area (TPSA) is 21.3 Å². The third kappa shape index (κ3) is 5.88. The molecule has 0 radical (unpaired) electrons. The molecule has 1 aromatic rings. The van der Waals surface area contributed by atoms with Gasteiger partial charge >= 0.3 is 12.3 Å². The van der Waals surface area contributed by atoms with Gasteiger partial charge in [0.05, 0.1) is 11.1 Å². The molecule has 0 aromatic heterocycles. The molecule has 1 N–H and O–H groups in total. The standard InChI is InChI=1S/C13H15BrF5NO/c1-20-9(6-21-7-13(18,19)12(16)17)4-8-2-3-11(15)10(14)5-8/h2-3,5,9,12,20H,4,6-7H2,1H3. The predicted octanol–water partition coefficient (Wildman–Crippen LogP) is 3.64. The van der Waals surface area contributed by atoms with Gasteiger partial charge in [-0.2, -0.15) is 8.78 Å². The second kappa shape index (κ2) is 8.05. The molecule has 0 bridgehead atoms. The van der Waals surface area contributed by atoms with Crippen LogP contribution in [0, 0.1) is 5.82 Å². The normalized spacial score (nSPS) is 13.7. The Hall–Kier alpha value is -0.730. The minimum absolute atomic E-state index is 0.159. The van der Waals surface area contributed by atoms with Crippen LogP contribution in [-0.4, -0.2) is 38.7 Å². The molecule has 0 fully saturated rings. The number of hydrogen-bond acceptors (Lipinski definition) is 2. The Morgan fingerprint density at radius 1 is 1.33 bits per heavy atom. The van der Waals surface area contributed by atoms with Crippen LogP contribution in [-0.2, 0) is 11.2 Å². The number of hydrogen-bond donors (Lipinski definition) is 1. The number of halogens is 6. The van der Waals surface area contributed by atoms with Crippen molar-refractivity contribution in [3.8, 4) is 0 Å². The van der Waals surface area contributed by atoms with Gasteiger partial charge in [0.15, 0.2) is 0 Å². The summed E-state index contributed by atoms with van der Waals surface area (Å²) in [6.07, 6.45) is -3.37. The van der Waals surface area contributed by atoms with Crippen molar-refractivity contribution in [1.82, 2.24) is 5.32 Å². The first-order chi connectivity index (χ1) is 9.76. The van der Waals surface area contributed by atoms with Crippen LogP contribution in [0.4, 0.5) is 22.0 Å². The zero-order chi connectivity index (χ0) is 16.0. The summed E-state index contributed by atoms with van der Waals surface area (Å²) in [5.74, 6) is -4.57. The first-order valence-electron chi connectivity index (χ1n) is 6.11. The van der Waals surface area contributed by atoms with Crippen LogP contribution >= 0.6 is 15.9 Å². The van der Waals surface area contributed by atoms with Crippen molar-refractivity contribution < 1.29 is 26.7 Å². The molecule has 1 rings (SSSR count). The second-order valence-electron chi connectivity index (χ2n) is 4.52. The Bertz CT molecular complexity index is 458. The Labute approximate surface area is 127 Å². The Kier molecular flexibility index (Phi) is 7.02. The summed E-state index contributed by atoms with van der Waals surface area (Å²) in [6.45, 7) is -1.50. The van der Waals surface area contributed by atoms with Crippen LogP contribution in [0.1, 0.15) is 5.56 Å². The molecule has 2 nitrogen and oxygen atoms in total. The van der Waals surface area contributed by atoms with Crippen molar-refractivity contribution in [1.29, 1.82) is 0 Å². The van der Waals surface area contributed by atoms with E-state index in [1.807, 2.05) is 0 Å². The lowest BCUT2D eigenvalue weighted by molar-refractivity contribution is -0.166. The highest BCUT2D eigenvalue weighted by atomic mass is 79.9. The van der Waals surface area contributed by atoms with Crippen molar-refractivity contribution in [3.63, 3.8) is 0 Å². The molecule has 1 aromatic carbocycles. The largest absolute Gasteiger partial charge is 0.373 e.